The Morgan fingerprint density at radius 3 is 1.52 bits per heavy atom. The molecule has 5 nitrogen and oxygen atoms in total. The lowest BCUT2D eigenvalue weighted by Crippen LogP contribution is -2.09. The zero-order valence-electron chi connectivity index (χ0n) is 15.7. The number of esters is 2. The third kappa shape index (κ3) is 6.37. The van der Waals surface area contributed by atoms with Gasteiger partial charge < -0.3 is 9.47 Å². The minimum absolute atomic E-state index is 0.0502. The van der Waals surface area contributed by atoms with Gasteiger partial charge in [-0.15, -0.1) is 0 Å². The van der Waals surface area contributed by atoms with E-state index in [1.807, 2.05) is 12.1 Å². The zero-order chi connectivity index (χ0) is 19.6. The van der Waals surface area contributed by atoms with E-state index in [0.717, 1.165) is 6.42 Å². The van der Waals surface area contributed by atoms with Crippen LogP contribution in [0.2, 0.25) is 0 Å². The van der Waals surface area contributed by atoms with E-state index in [9.17, 15) is 14.4 Å². The van der Waals surface area contributed by atoms with Crippen LogP contribution in [0.4, 0.5) is 0 Å². The highest BCUT2D eigenvalue weighted by Crippen LogP contribution is 2.09. The molecule has 142 valence electrons. The lowest BCUT2D eigenvalue weighted by Gasteiger charge is -2.07. The van der Waals surface area contributed by atoms with E-state index in [1.165, 1.54) is 12.5 Å². The Balaban J connectivity index is 1.64. The van der Waals surface area contributed by atoms with Crippen LogP contribution in [-0.2, 0) is 15.9 Å². The van der Waals surface area contributed by atoms with E-state index in [4.69, 9.17) is 9.47 Å². The highest BCUT2D eigenvalue weighted by molar-refractivity contribution is 5.96. The molecule has 0 aliphatic carbocycles. The fourth-order valence-electron chi connectivity index (χ4n) is 2.42. The van der Waals surface area contributed by atoms with Gasteiger partial charge in [-0.3, -0.25) is 4.79 Å². The van der Waals surface area contributed by atoms with Crippen LogP contribution in [0.15, 0.2) is 48.5 Å². The summed E-state index contributed by atoms with van der Waals surface area (Å²) in [5.74, 6) is -0.830. The van der Waals surface area contributed by atoms with E-state index in [0.29, 0.717) is 29.5 Å². The van der Waals surface area contributed by atoms with Crippen LogP contribution in [0, 0.1) is 0 Å². The van der Waals surface area contributed by atoms with Crippen molar-refractivity contribution in [3.63, 3.8) is 0 Å². The molecule has 2 rings (SSSR count). The molecule has 0 aliphatic heterocycles. The number of Topliss-reactive ketones (excluding diaryl/α,β-unsaturated/α-hetero) is 1. The topological polar surface area (TPSA) is 69.7 Å². The summed E-state index contributed by atoms with van der Waals surface area (Å²) in [5.41, 5.74) is 2.66. The minimum Gasteiger partial charge on any atom is -0.462 e. The Morgan fingerprint density at radius 1 is 0.704 bits per heavy atom. The van der Waals surface area contributed by atoms with Gasteiger partial charge in [-0.25, -0.2) is 9.59 Å². The summed E-state index contributed by atoms with van der Waals surface area (Å²) < 4.78 is 10.4. The lowest BCUT2D eigenvalue weighted by molar-refractivity contribution is 0.0432. The largest absolute Gasteiger partial charge is 0.462 e. The molecular weight excluding hydrogens is 344 g/mol. The Bertz CT molecular complexity index is 775. The highest BCUT2D eigenvalue weighted by atomic mass is 16.5. The quantitative estimate of drug-likeness (QED) is 0.376. The molecule has 0 N–H and O–H groups in total. The average Bonchev–Trinajstić information content (AvgIpc) is 2.70. The van der Waals surface area contributed by atoms with Gasteiger partial charge in [0.05, 0.1) is 24.3 Å². The van der Waals surface area contributed by atoms with Crippen LogP contribution in [0.25, 0.3) is 0 Å². The molecular formula is C22H24O5. The van der Waals surface area contributed by atoms with Gasteiger partial charge in [-0.2, -0.15) is 0 Å². The van der Waals surface area contributed by atoms with Gasteiger partial charge in [0.2, 0.25) is 0 Å². The molecule has 2 aromatic rings. The summed E-state index contributed by atoms with van der Waals surface area (Å²) in [6.07, 6.45) is 2.13. The third-order valence-electron chi connectivity index (χ3n) is 4.13. The van der Waals surface area contributed by atoms with Crippen LogP contribution in [0.3, 0.4) is 0 Å². The number of rotatable bonds is 9. The van der Waals surface area contributed by atoms with Gasteiger partial charge >= 0.3 is 11.9 Å². The van der Waals surface area contributed by atoms with Crippen molar-refractivity contribution in [2.24, 2.45) is 0 Å². The number of aryl methyl sites for hydroxylation is 1. The predicted octanol–water partition coefficient (Wildman–Crippen LogP) is 4.25. The molecule has 2 aromatic carbocycles. The molecule has 0 saturated heterocycles. The number of hydrogen-bond acceptors (Lipinski definition) is 5. The Kier molecular flexibility index (Phi) is 7.74. The molecule has 0 radical (unpaired) electrons. The van der Waals surface area contributed by atoms with E-state index in [-0.39, 0.29) is 25.0 Å². The van der Waals surface area contributed by atoms with E-state index >= 15 is 0 Å². The fourth-order valence-corrected chi connectivity index (χ4v) is 2.42. The summed E-state index contributed by atoms with van der Waals surface area (Å²) in [7, 11) is 0. The van der Waals surface area contributed by atoms with Crippen LogP contribution in [-0.4, -0.2) is 30.9 Å². The minimum atomic E-state index is -0.432. The number of ether oxygens (including phenoxy) is 2. The first-order valence-corrected chi connectivity index (χ1v) is 9.05. The van der Waals surface area contributed by atoms with Gasteiger partial charge in [0.25, 0.3) is 0 Å². The Morgan fingerprint density at radius 2 is 1.11 bits per heavy atom. The third-order valence-corrected chi connectivity index (χ3v) is 4.13. The van der Waals surface area contributed by atoms with E-state index in [2.05, 4.69) is 6.92 Å². The predicted molar refractivity (Wildman–Crippen MR) is 102 cm³/mol. The molecule has 0 aliphatic rings. The SMILES string of the molecule is CCc1ccc(C(=O)OCCCCOC(=O)c2ccc(C(C)=O)cc2)cc1. The van der Waals surface area contributed by atoms with E-state index < -0.39 is 5.97 Å². The summed E-state index contributed by atoms with van der Waals surface area (Å²) >= 11 is 0. The number of carbonyl (C=O) groups is 3. The van der Waals surface area contributed by atoms with Crippen molar-refractivity contribution in [3.05, 3.63) is 70.8 Å². The summed E-state index contributed by atoms with van der Waals surface area (Å²) in [6, 6.07) is 13.7. The maximum absolute atomic E-state index is 11.9. The first kappa shape index (κ1) is 20.4. The molecule has 0 aromatic heterocycles. The molecule has 5 heteroatoms. The molecule has 27 heavy (non-hydrogen) atoms. The summed E-state index contributed by atoms with van der Waals surface area (Å²) in [5, 5.41) is 0. The number of hydrogen-bond donors (Lipinski definition) is 0. The van der Waals surface area contributed by atoms with Crippen molar-refractivity contribution in [2.75, 3.05) is 13.2 Å². The Labute approximate surface area is 159 Å². The van der Waals surface area contributed by atoms with Crippen LogP contribution in [0.1, 0.15) is 63.3 Å². The normalized spacial score (nSPS) is 10.3. The number of unbranched alkanes of at least 4 members (excludes halogenated alkanes) is 1. The van der Waals surface area contributed by atoms with Crippen LogP contribution < -0.4 is 0 Å². The summed E-state index contributed by atoms with van der Waals surface area (Å²) in [6.45, 7) is 4.05. The molecule has 0 atom stereocenters. The van der Waals surface area contributed by atoms with Crippen LogP contribution in [0.5, 0.6) is 0 Å². The molecule has 0 spiro atoms. The average molecular weight is 368 g/mol. The van der Waals surface area contributed by atoms with Gasteiger partial charge in [0, 0.05) is 5.56 Å². The van der Waals surface area contributed by atoms with Gasteiger partial charge in [0.15, 0.2) is 5.78 Å². The molecule has 0 fully saturated rings. The molecule has 0 saturated carbocycles. The van der Waals surface area contributed by atoms with E-state index in [1.54, 1.807) is 36.4 Å². The van der Waals surface area contributed by atoms with Crippen molar-refractivity contribution in [2.45, 2.75) is 33.1 Å². The van der Waals surface area contributed by atoms with Crippen LogP contribution >= 0.6 is 0 Å². The maximum Gasteiger partial charge on any atom is 0.338 e. The standard InChI is InChI=1S/C22H24O5/c1-3-17-6-8-19(9-7-17)21(24)26-14-4-5-15-27-22(25)20-12-10-18(11-13-20)16(2)23/h6-13H,3-5,14-15H2,1-2H3. The van der Waals surface area contributed by atoms with Gasteiger partial charge in [0.1, 0.15) is 0 Å². The molecule has 0 heterocycles. The maximum atomic E-state index is 11.9. The first-order valence-electron chi connectivity index (χ1n) is 9.05. The Hall–Kier alpha value is -2.95. The van der Waals surface area contributed by atoms with Gasteiger partial charge in [-0.05, 0) is 56.0 Å². The zero-order valence-corrected chi connectivity index (χ0v) is 15.7. The van der Waals surface area contributed by atoms with Crippen molar-refractivity contribution >= 4 is 17.7 Å². The summed E-state index contributed by atoms with van der Waals surface area (Å²) in [4.78, 5) is 35.0. The highest BCUT2D eigenvalue weighted by Gasteiger charge is 2.09. The monoisotopic (exact) mass is 368 g/mol. The smallest absolute Gasteiger partial charge is 0.338 e. The lowest BCUT2D eigenvalue weighted by atomic mass is 10.1. The number of ketones is 1. The van der Waals surface area contributed by atoms with Crippen molar-refractivity contribution in [3.8, 4) is 0 Å². The second-order valence-electron chi connectivity index (χ2n) is 6.16. The molecule has 0 bridgehead atoms. The van der Waals surface area contributed by atoms with Crippen molar-refractivity contribution in [1.82, 2.24) is 0 Å². The molecule has 0 unspecified atom stereocenters. The number of benzene rings is 2. The number of carbonyl (C=O) groups excluding carboxylic acids is 3. The first-order chi connectivity index (χ1) is 13.0. The second kappa shape index (κ2) is 10.3. The molecule has 0 amide bonds. The fraction of sp³-hybridized carbons (Fsp3) is 0.318. The second-order valence-corrected chi connectivity index (χ2v) is 6.16. The van der Waals surface area contributed by atoms with Gasteiger partial charge in [-0.1, -0.05) is 31.2 Å². The van der Waals surface area contributed by atoms with Crippen molar-refractivity contribution in [1.29, 1.82) is 0 Å². The van der Waals surface area contributed by atoms with Crippen molar-refractivity contribution < 1.29 is 23.9 Å².